The van der Waals surface area contributed by atoms with Gasteiger partial charge in [0.05, 0.1) is 14.2 Å². The Labute approximate surface area is 97.9 Å². The Balaban J connectivity index is 2.37. The van der Waals surface area contributed by atoms with Crippen molar-refractivity contribution in [1.29, 1.82) is 0 Å². The van der Waals surface area contributed by atoms with Crippen molar-refractivity contribution in [3.63, 3.8) is 0 Å². The Morgan fingerprint density at radius 2 is 1.65 bits per heavy atom. The number of carbonyl (C=O) groups is 2. The lowest BCUT2D eigenvalue weighted by atomic mass is 10.1. The minimum absolute atomic E-state index is 0.384. The number of hydrogen-bond donors (Lipinski definition) is 2. The third-order valence-corrected chi connectivity index (χ3v) is 2.48. The van der Waals surface area contributed by atoms with Crippen LogP contribution in [0.4, 0.5) is 4.79 Å². The Morgan fingerprint density at radius 1 is 1.06 bits per heavy atom. The summed E-state index contributed by atoms with van der Waals surface area (Å²) in [6.45, 7) is 0. The van der Waals surface area contributed by atoms with Gasteiger partial charge in [0.2, 0.25) is 0 Å². The summed E-state index contributed by atoms with van der Waals surface area (Å²) in [7, 11) is 3.04. The van der Waals surface area contributed by atoms with Gasteiger partial charge in [-0.25, -0.2) is 4.79 Å². The molecule has 0 aromatic heterocycles. The summed E-state index contributed by atoms with van der Waals surface area (Å²) < 4.78 is 10.2. The average Bonchev–Trinajstić information content (AvgIpc) is 2.67. The van der Waals surface area contributed by atoms with E-state index in [0.717, 1.165) is 0 Å². The third-order valence-electron chi connectivity index (χ3n) is 2.48. The van der Waals surface area contributed by atoms with E-state index in [2.05, 4.69) is 10.6 Å². The molecule has 1 fully saturated rings. The Bertz CT molecular complexity index is 450. The lowest BCUT2D eigenvalue weighted by molar-refractivity contribution is -0.120. The van der Waals surface area contributed by atoms with Gasteiger partial charge in [-0.1, -0.05) is 0 Å². The Hall–Kier alpha value is -2.24. The normalized spacial score (nSPS) is 18.6. The highest BCUT2D eigenvalue weighted by molar-refractivity contribution is 6.04. The highest BCUT2D eigenvalue weighted by Crippen LogP contribution is 2.27. The lowest BCUT2D eigenvalue weighted by Gasteiger charge is -2.11. The van der Waals surface area contributed by atoms with Gasteiger partial charge in [0.15, 0.2) is 0 Å². The van der Waals surface area contributed by atoms with Crippen LogP contribution in [0, 0.1) is 0 Å². The fourth-order valence-corrected chi connectivity index (χ4v) is 1.65. The van der Waals surface area contributed by atoms with Gasteiger partial charge in [-0.3, -0.25) is 10.1 Å². The van der Waals surface area contributed by atoms with Crippen LogP contribution in [0.15, 0.2) is 18.2 Å². The van der Waals surface area contributed by atoms with Gasteiger partial charge >= 0.3 is 6.03 Å². The molecule has 1 aromatic rings. The maximum absolute atomic E-state index is 11.5. The minimum atomic E-state index is -0.702. The van der Waals surface area contributed by atoms with E-state index in [-0.39, 0.29) is 5.91 Å². The van der Waals surface area contributed by atoms with Crippen molar-refractivity contribution in [3.05, 3.63) is 23.8 Å². The molecule has 2 N–H and O–H groups in total. The van der Waals surface area contributed by atoms with E-state index in [1.54, 1.807) is 18.2 Å². The highest BCUT2D eigenvalue weighted by Gasteiger charge is 2.31. The number of imide groups is 1. The Morgan fingerprint density at radius 3 is 2.06 bits per heavy atom. The zero-order chi connectivity index (χ0) is 12.4. The molecule has 1 aliphatic rings. The number of carbonyl (C=O) groups excluding carboxylic acids is 2. The first kappa shape index (κ1) is 11.3. The molecule has 0 unspecified atom stereocenters. The molecule has 0 radical (unpaired) electrons. The number of ether oxygens (including phenoxy) is 2. The minimum Gasteiger partial charge on any atom is -0.497 e. The molecule has 1 saturated heterocycles. The standard InChI is InChI=1S/C11H12N2O4/c1-16-7-3-6(4-8(5-7)17-2)9-10(14)13-11(15)12-9/h3-5,9H,1-2H3,(H2,12,13,14,15)/t9-/m1/s1. The van der Waals surface area contributed by atoms with Crippen molar-refractivity contribution in [2.45, 2.75) is 6.04 Å². The summed E-state index contributed by atoms with van der Waals surface area (Å²) in [6.07, 6.45) is 0. The number of benzene rings is 1. The van der Waals surface area contributed by atoms with Crippen LogP contribution in [-0.2, 0) is 4.79 Å². The van der Waals surface area contributed by atoms with Gasteiger partial charge in [-0.15, -0.1) is 0 Å². The summed E-state index contributed by atoms with van der Waals surface area (Å²) in [5.74, 6) is 0.743. The van der Waals surface area contributed by atoms with Crippen molar-refractivity contribution in [1.82, 2.24) is 10.6 Å². The van der Waals surface area contributed by atoms with Crippen LogP contribution in [0.3, 0.4) is 0 Å². The van der Waals surface area contributed by atoms with Gasteiger partial charge in [-0.05, 0) is 17.7 Å². The van der Waals surface area contributed by atoms with Crippen LogP contribution in [0.2, 0.25) is 0 Å². The molecule has 1 aliphatic heterocycles. The van der Waals surface area contributed by atoms with E-state index < -0.39 is 12.1 Å². The summed E-state index contributed by atoms with van der Waals surface area (Å²) in [4.78, 5) is 22.5. The van der Waals surface area contributed by atoms with E-state index in [4.69, 9.17) is 9.47 Å². The van der Waals surface area contributed by atoms with Crippen LogP contribution in [0.25, 0.3) is 0 Å². The molecule has 1 atom stereocenters. The van der Waals surface area contributed by atoms with E-state index in [1.807, 2.05) is 0 Å². The molecule has 0 spiro atoms. The van der Waals surface area contributed by atoms with Gasteiger partial charge in [0, 0.05) is 6.07 Å². The second kappa shape index (κ2) is 4.32. The molecule has 1 heterocycles. The largest absolute Gasteiger partial charge is 0.497 e. The monoisotopic (exact) mass is 236 g/mol. The predicted octanol–water partition coefficient (Wildman–Crippen LogP) is 0.584. The van der Waals surface area contributed by atoms with Gasteiger partial charge in [0.25, 0.3) is 5.91 Å². The second-order valence-electron chi connectivity index (χ2n) is 3.54. The maximum atomic E-state index is 11.5. The number of methoxy groups -OCH3 is 2. The van der Waals surface area contributed by atoms with Crippen molar-refractivity contribution in [2.75, 3.05) is 14.2 Å². The molecule has 1 aromatic carbocycles. The molecule has 0 bridgehead atoms. The second-order valence-corrected chi connectivity index (χ2v) is 3.54. The highest BCUT2D eigenvalue weighted by atomic mass is 16.5. The van der Waals surface area contributed by atoms with E-state index in [0.29, 0.717) is 17.1 Å². The van der Waals surface area contributed by atoms with Crippen molar-refractivity contribution >= 4 is 11.9 Å². The molecule has 0 saturated carbocycles. The molecule has 3 amide bonds. The van der Waals surface area contributed by atoms with Crippen LogP contribution in [-0.4, -0.2) is 26.2 Å². The van der Waals surface area contributed by atoms with Gasteiger partial charge < -0.3 is 14.8 Å². The van der Waals surface area contributed by atoms with E-state index in [9.17, 15) is 9.59 Å². The molecule has 90 valence electrons. The first-order valence-electron chi connectivity index (χ1n) is 4.98. The molecule has 2 rings (SSSR count). The zero-order valence-corrected chi connectivity index (χ0v) is 9.44. The van der Waals surface area contributed by atoms with Crippen LogP contribution >= 0.6 is 0 Å². The lowest BCUT2D eigenvalue weighted by Crippen LogP contribution is -2.22. The third kappa shape index (κ3) is 2.15. The maximum Gasteiger partial charge on any atom is 0.322 e. The van der Waals surface area contributed by atoms with Crippen LogP contribution in [0.1, 0.15) is 11.6 Å². The average molecular weight is 236 g/mol. The summed E-state index contributed by atoms with van der Waals surface area (Å²) in [6, 6.07) is 3.85. The first-order valence-corrected chi connectivity index (χ1v) is 4.98. The van der Waals surface area contributed by atoms with Crippen LogP contribution < -0.4 is 20.1 Å². The molecule has 0 aliphatic carbocycles. The first-order chi connectivity index (χ1) is 8.13. The summed E-state index contributed by atoms with van der Waals surface area (Å²) in [5, 5.41) is 4.68. The van der Waals surface area contributed by atoms with E-state index in [1.165, 1.54) is 14.2 Å². The molecule has 17 heavy (non-hydrogen) atoms. The van der Waals surface area contributed by atoms with Crippen molar-refractivity contribution in [3.8, 4) is 11.5 Å². The van der Waals surface area contributed by atoms with Crippen LogP contribution in [0.5, 0.6) is 11.5 Å². The van der Waals surface area contributed by atoms with Gasteiger partial charge in [-0.2, -0.15) is 0 Å². The number of urea groups is 1. The zero-order valence-electron chi connectivity index (χ0n) is 9.44. The molecular formula is C11H12N2O4. The molecule has 6 heteroatoms. The van der Waals surface area contributed by atoms with Crippen molar-refractivity contribution < 1.29 is 19.1 Å². The number of hydrogen-bond acceptors (Lipinski definition) is 4. The van der Waals surface area contributed by atoms with Gasteiger partial charge in [0.1, 0.15) is 17.5 Å². The quantitative estimate of drug-likeness (QED) is 0.753. The molecule has 6 nitrogen and oxygen atoms in total. The smallest absolute Gasteiger partial charge is 0.322 e. The topological polar surface area (TPSA) is 76.7 Å². The fraction of sp³-hybridized carbons (Fsp3) is 0.273. The SMILES string of the molecule is COc1cc(OC)cc([C@H]2NC(=O)NC2=O)c1. The molecular weight excluding hydrogens is 224 g/mol. The Kier molecular flexibility index (Phi) is 2.86. The van der Waals surface area contributed by atoms with E-state index >= 15 is 0 Å². The predicted molar refractivity (Wildman–Crippen MR) is 59.0 cm³/mol. The number of nitrogens with one attached hydrogen (secondary N) is 2. The number of amides is 3. The number of rotatable bonds is 3. The summed E-state index contributed by atoms with van der Waals surface area (Å²) >= 11 is 0. The fourth-order valence-electron chi connectivity index (χ4n) is 1.65. The van der Waals surface area contributed by atoms with Crippen molar-refractivity contribution in [2.24, 2.45) is 0 Å². The summed E-state index contributed by atoms with van der Waals surface area (Å²) in [5.41, 5.74) is 0.615.